The first-order valence-corrected chi connectivity index (χ1v) is 13.2. The van der Waals surface area contributed by atoms with Crippen molar-refractivity contribution in [3.8, 4) is 22.8 Å². The summed E-state index contributed by atoms with van der Waals surface area (Å²) in [5.74, 6) is 1.93. The average Bonchev–Trinajstić information content (AvgIpc) is 3.39. The maximum Gasteiger partial charge on any atom is 0.225 e. The van der Waals surface area contributed by atoms with Crippen LogP contribution in [0.15, 0.2) is 36.5 Å². The molecule has 2 aliphatic rings. The quantitative estimate of drug-likeness (QED) is 0.337. The molecule has 1 aliphatic heterocycles. The van der Waals surface area contributed by atoms with Gasteiger partial charge in [-0.3, -0.25) is 10.00 Å². The van der Waals surface area contributed by atoms with Crippen LogP contribution in [0.3, 0.4) is 0 Å². The predicted octanol–water partition coefficient (Wildman–Crippen LogP) is 4.90. The van der Waals surface area contributed by atoms with Crippen LogP contribution < -0.4 is 5.32 Å². The van der Waals surface area contributed by atoms with E-state index in [2.05, 4.69) is 38.5 Å². The third kappa shape index (κ3) is 3.78. The van der Waals surface area contributed by atoms with E-state index >= 15 is 4.39 Å². The lowest BCUT2D eigenvalue weighted by atomic mass is 10.0. The van der Waals surface area contributed by atoms with E-state index in [-0.39, 0.29) is 5.82 Å². The molecule has 0 radical (unpaired) electrons. The van der Waals surface area contributed by atoms with Crippen molar-refractivity contribution >= 4 is 22.5 Å². The van der Waals surface area contributed by atoms with Crippen LogP contribution in [0, 0.1) is 5.82 Å². The normalized spacial score (nSPS) is 15.8. The molecule has 10 heteroatoms. The molecular weight excluding hydrogens is 481 g/mol. The molecule has 1 aliphatic carbocycles. The molecule has 0 bridgehead atoms. The lowest BCUT2D eigenvalue weighted by molar-refractivity contribution is 0.262. The summed E-state index contributed by atoms with van der Waals surface area (Å²) in [5, 5.41) is 16.5. The molecule has 0 amide bonds. The molecule has 2 aromatic carbocycles. The molecule has 1 saturated carbocycles. The SMILES string of the molecule is CCN1CCc2c(nc(-c3ccc(-c4nc(Nc5ccc6[nH]ncc6c5C5CC5)n(C)n4)cc3F)n2C)C1. The van der Waals surface area contributed by atoms with E-state index in [1.54, 1.807) is 10.7 Å². The zero-order valence-corrected chi connectivity index (χ0v) is 21.8. The maximum absolute atomic E-state index is 15.5. The number of benzene rings is 2. The van der Waals surface area contributed by atoms with Crippen LogP contribution >= 0.6 is 0 Å². The number of aryl methyl sites for hydroxylation is 1. The van der Waals surface area contributed by atoms with Gasteiger partial charge in [0.1, 0.15) is 11.6 Å². The number of imidazole rings is 1. The molecule has 9 nitrogen and oxygen atoms in total. The van der Waals surface area contributed by atoms with Crippen LogP contribution in [0.1, 0.15) is 42.6 Å². The zero-order chi connectivity index (χ0) is 26.0. The van der Waals surface area contributed by atoms with Gasteiger partial charge in [-0.2, -0.15) is 10.1 Å². The van der Waals surface area contributed by atoms with Gasteiger partial charge in [-0.25, -0.2) is 14.1 Å². The van der Waals surface area contributed by atoms with E-state index in [0.717, 1.165) is 48.3 Å². The number of hydrogen-bond donors (Lipinski definition) is 2. The van der Waals surface area contributed by atoms with Gasteiger partial charge < -0.3 is 9.88 Å². The van der Waals surface area contributed by atoms with Crippen molar-refractivity contribution < 1.29 is 4.39 Å². The second-order valence-corrected chi connectivity index (χ2v) is 10.3. The minimum atomic E-state index is -0.330. The molecule has 0 spiro atoms. The second-order valence-electron chi connectivity index (χ2n) is 10.3. The first-order chi connectivity index (χ1) is 18.5. The lowest BCUT2D eigenvalue weighted by Gasteiger charge is -2.24. The van der Waals surface area contributed by atoms with Gasteiger partial charge in [-0.1, -0.05) is 13.0 Å². The standard InChI is InChI=1S/C28H30FN9/c1-4-38-12-11-24-23(15-38)31-27(36(24)2)18-8-7-17(13-20(18)29)26-33-28(37(3)35-26)32-22-10-9-21-19(14-30-34-21)25(22)16-5-6-16/h7-10,13-14,16H,4-6,11-12,15H2,1-3H3,(H,30,34)(H,32,33,35). The highest BCUT2D eigenvalue weighted by Crippen LogP contribution is 2.47. The van der Waals surface area contributed by atoms with Gasteiger partial charge in [0.2, 0.25) is 5.95 Å². The summed E-state index contributed by atoms with van der Waals surface area (Å²) in [5.41, 5.74) is 6.64. The Balaban J connectivity index is 1.19. The molecule has 2 N–H and O–H groups in total. The Labute approximate surface area is 219 Å². The maximum atomic E-state index is 15.5. The van der Waals surface area contributed by atoms with Crippen molar-refractivity contribution in [1.29, 1.82) is 0 Å². The van der Waals surface area contributed by atoms with E-state index < -0.39 is 0 Å². The van der Waals surface area contributed by atoms with Crippen molar-refractivity contribution in [2.24, 2.45) is 14.1 Å². The number of halogens is 1. The number of aromatic amines is 1. The van der Waals surface area contributed by atoms with Crippen LogP contribution in [0.2, 0.25) is 0 Å². The topological polar surface area (TPSA) is 92.5 Å². The van der Waals surface area contributed by atoms with Crippen molar-refractivity contribution in [2.75, 3.05) is 18.4 Å². The van der Waals surface area contributed by atoms with Gasteiger partial charge in [-0.05, 0) is 55.1 Å². The summed E-state index contributed by atoms with van der Waals surface area (Å²) in [7, 11) is 3.82. The van der Waals surface area contributed by atoms with E-state index in [1.807, 2.05) is 37.0 Å². The molecule has 38 heavy (non-hydrogen) atoms. The number of aromatic nitrogens is 7. The molecule has 7 rings (SSSR count). The first kappa shape index (κ1) is 23.1. The summed E-state index contributed by atoms with van der Waals surface area (Å²) in [6.45, 7) is 4.96. The molecule has 5 aromatic rings. The van der Waals surface area contributed by atoms with E-state index in [4.69, 9.17) is 9.97 Å². The van der Waals surface area contributed by atoms with Crippen molar-refractivity contribution in [3.63, 3.8) is 0 Å². The first-order valence-electron chi connectivity index (χ1n) is 13.2. The minimum Gasteiger partial charge on any atom is -0.331 e. The molecule has 3 aromatic heterocycles. The van der Waals surface area contributed by atoms with E-state index in [1.165, 1.54) is 30.2 Å². The zero-order valence-electron chi connectivity index (χ0n) is 21.8. The van der Waals surface area contributed by atoms with Gasteiger partial charge in [0, 0.05) is 55.9 Å². The third-order valence-electron chi connectivity index (χ3n) is 7.91. The summed E-state index contributed by atoms with van der Waals surface area (Å²) >= 11 is 0. The van der Waals surface area contributed by atoms with Gasteiger partial charge in [-0.15, -0.1) is 5.10 Å². The Morgan fingerprint density at radius 1 is 1.13 bits per heavy atom. The number of nitrogens with one attached hydrogen (secondary N) is 2. The number of H-pyrrole nitrogens is 1. The lowest BCUT2D eigenvalue weighted by Crippen LogP contribution is -2.30. The minimum absolute atomic E-state index is 0.330. The highest BCUT2D eigenvalue weighted by molar-refractivity contribution is 5.89. The van der Waals surface area contributed by atoms with Crippen LogP contribution in [0.25, 0.3) is 33.7 Å². The molecule has 4 heterocycles. The average molecular weight is 512 g/mol. The number of anilines is 2. The van der Waals surface area contributed by atoms with Crippen molar-refractivity contribution in [1.82, 2.24) is 39.4 Å². The monoisotopic (exact) mass is 511 g/mol. The summed E-state index contributed by atoms with van der Waals surface area (Å²) in [6, 6.07) is 9.25. The molecule has 0 saturated heterocycles. The Bertz CT molecular complexity index is 1670. The fraction of sp³-hybridized carbons (Fsp3) is 0.357. The summed E-state index contributed by atoms with van der Waals surface area (Å²) < 4.78 is 19.2. The Kier molecular flexibility index (Phi) is 5.33. The molecule has 1 fully saturated rings. The van der Waals surface area contributed by atoms with E-state index in [9.17, 15) is 0 Å². The van der Waals surface area contributed by atoms with Crippen LogP contribution in [0.5, 0.6) is 0 Å². The second kappa shape index (κ2) is 8.76. The molecule has 0 unspecified atom stereocenters. The number of rotatable bonds is 6. The molecule has 0 atom stereocenters. The Morgan fingerprint density at radius 2 is 2.00 bits per heavy atom. The largest absolute Gasteiger partial charge is 0.331 e. The smallest absolute Gasteiger partial charge is 0.225 e. The van der Waals surface area contributed by atoms with Gasteiger partial charge in [0.05, 0.1) is 23.0 Å². The third-order valence-corrected chi connectivity index (χ3v) is 7.91. The van der Waals surface area contributed by atoms with Gasteiger partial charge in [0.15, 0.2) is 5.82 Å². The highest BCUT2D eigenvalue weighted by Gasteiger charge is 2.29. The van der Waals surface area contributed by atoms with Crippen LogP contribution in [-0.4, -0.2) is 52.5 Å². The molecular formula is C28H30FN9. The van der Waals surface area contributed by atoms with Crippen LogP contribution in [0.4, 0.5) is 16.0 Å². The molecule has 194 valence electrons. The number of likely N-dealkylation sites (N-methyl/N-ethyl adjacent to an activating group) is 1. The van der Waals surface area contributed by atoms with Gasteiger partial charge >= 0.3 is 0 Å². The van der Waals surface area contributed by atoms with Crippen LogP contribution in [-0.2, 0) is 27.1 Å². The summed E-state index contributed by atoms with van der Waals surface area (Å²) in [4.78, 5) is 11.9. The fourth-order valence-corrected chi connectivity index (χ4v) is 5.62. The predicted molar refractivity (Wildman–Crippen MR) is 145 cm³/mol. The van der Waals surface area contributed by atoms with E-state index in [0.29, 0.717) is 34.6 Å². The van der Waals surface area contributed by atoms with Crippen molar-refractivity contribution in [2.45, 2.75) is 38.6 Å². The van der Waals surface area contributed by atoms with Gasteiger partial charge in [0.25, 0.3) is 0 Å². The fourth-order valence-electron chi connectivity index (χ4n) is 5.62. The Hall–Kier alpha value is -4.05. The number of nitrogens with zero attached hydrogens (tertiary/aromatic N) is 7. The Morgan fingerprint density at radius 3 is 2.79 bits per heavy atom. The number of hydrogen-bond acceptors (Lipinski definition) is 6. The van der Waals surface area contributed by atoms with Crippen molar-refractivity contribution in [3.05, 3.63) is 59.3 Å². The summed E-state index contributed by atoms with van der Waals surface area (Å²) in [6.07, 6.45) is 5.16. The highest BCUT2D eigenvalue weighted by atomic mass is 19.1. The number of fused-ring (bicyclic) bond motifs is 2.